The third-order valence-corrected chi connectivity index (χ3v) is 3.81. The van der Waals surface area contributed by atoms with Gasteiger partial charge >= 0.3 is 5.92 Å². The van der Waals surface area contributed by atoms with Crippen LogP contribution in [0.2, 0.25) is 0 Å². The maximum atomic E-state index is 14.8. The average molecular weight is 361 g/mol. The van der Waals surface area contributed by atoms with E-state index in [-0.39, 0.29) is 11.3 Å². The van der Waals surface area contributed by atoms with Crippen molar-refractivity contribution in [2.24, 2.45) is 4.99 Å². The van der Waals surface area contributed by atoms with Crippen molar-refractivity contribution in [3.63, 3.8) is 0 Å². The zero-order valence-electron chi connectivity index (χ0n) is 13.1. The third kappa shape index (κ3) is 2.81. The summed E-state index contributed by atoms with van der Waals surface area (Å²) in [6.45, 7) is 0.456. The van der Waals surface area contributed by atoms with Crippen LogP contribution in [0.4, 0.5) is 23.4 Å². The number of anilines is 1. The van der Waals surface area contributed by atoms with Crippen LogP contribution in [-0.4, -0.2) is 27.0 Å². The lowest BCUT2D eigenvalue weighted by Crippen LogP contribution is -2.22. The molecule has 132 valence electrons. The highest BCUT2D eigenvalue weighted by Crippen LogP contribution is 2.34. The van der Waals surface area contributed by atoms with Crippen molar-refractivity contribution in [3.05, 3.63) is 71.7 Å². The highest BCUT2D eigenvalue weighted by molar-refractivity contribution is 6.06. The predicted octanol–water partition coefficient (Wildman–Crippen LogP) is 3.53. The van der Waals surface area contributed by atoms with Crippen molar-refractivity contribution in [1.82, 2.24) is 14.6 Å². The van der Waals surface area contributed by atoms with Gasteiger partial charge in [0.25, 0.3) is 0 Å². The van der Waals surface area contributed by atoms with E-state index in [1.54, 1.807) is 12.2 Å². The molecule has 26 heavy (non-hydrogen) atoms. The number of fused-ring (bicyclic) bond motifs is 1. The third-order valence-electron chi connectivity index (χ3n) is 3.81. The van der Waals surface area contributed by atoms with Crippen LogP contribution in [0.5, 0.6) is 0 Å². The summed E-state index contributed by atoms with van der Waals surface area (Å²) in [7, 11) is 0. The molecule has 0 spiro atoms. The zero-order chi connectivity index (χ0) is 18.3. The van der Waals surface area contributed by atoms with Crippen LogP contribution in [0.3, 0.4) is 0 Å². The molecule has 1 aliphatic rings. The van der Waals surface area contributed by atoms with Gasteiger partial charge in [-0.3, -0.25) is 4.99 Å². The van der Waals surface area contributed by atoms with Gasteiger partial charge in [-0.1, -0.05) is 6.08 Å². The first-order valence-corrected chi connectivity index (χ1v) is 7.62. The molecule has 0 unspecified atom stereocenters. The number of halogens is 4. The molecular formula is C17H11F4N5. The molecule has 4 rings (SSSR count). The van der Waals surface area contributed by atoms with Gasteiger partial charge in [-0.25, -0.2) is 18.3 Å². The van der Waals surface area contributed by atoms with Crippen LogP contribution in [0, 0.1) is 11.6 Å². The number of nitrogens with zero attached hydrogens (tertiary/aromatic N) is 4. The van der Waals surface area contributed by atoms with Crippen LogP contribution in [0.15, 0.2) is 53.7 Å². The molecule has 0 amide bonds. The van der Waals surface area contributed by atoms with Gasteiger partial charge in [-0.2, -0.15) is 8.78 Å². The van der Waals surface area contributed by atoms with Gasteiger partial charge in [0.05, 0.1) is 12.7 Å². The van der Waals surface area contributed by atoms with Gasteiger partial charge in [0, 0.05) is 11.6 Å². The number of aliphatic imine (C=N–C) groups is 1. The van der Waals surface area contributed by atoms with E-state index in [4.69, 9.17) is 0 Å². The summed E-state index contributed by atoms with van der Waals surface area (Å²) >= 11 is 0. The molecule has 1 aromatic carbocycles. The number of hydrogen-bond donors (Lipinski definition) is 1. The second kappa shape index (κ2) is 5.94. The molecule has 2 aromatic heterocycles. The zero-order valence-corrected chi connectivity index (χ0v) is 13.1. The summed E-state index contributed by atoms with van der Waals surface area (Å²) in [6, 6.07) is 4.88. The minimum Gasteiger partial charge on any atom is -0.323 e. The minimum atomic E-state index is -3.60. The second-order valence-electron chi connectivity index (χ2n) is 5.61. The monoisotopic (exact) mass is 361 g/mol. The van der Waals surface area contributed by atoms with Gasteiger partial charge in [0.2, 0.25) is 5.82 Å². The molecule has 3 heterocycles. The molecule has 0 saturated carbocycles. The number of alkyl halides is 2. The highest BCUT2D eigenvalue weighted by Gasteiger charge is 2.39. The summed E-state index contributed by atoms with van der Waals surface area (Å²) in [6.07, 6.45) is 4.40. The van der Waals surface area contributed by atoms with E-state index < -0.39 is 28.9 Å². The summed E-state index contributed by atoms with van der Waals surface area (Å²) in [5.74, 6) is -5.33. The summed E-state index contributed by atoms with van der Waals surface area (Å²) in [5.41, 5.74) is -0.293. The molecule has 3 aromatic rings. The Morgan fingerprint density at radius 3 is 2.54 bits per heavy atom. The normalized spacial score (nSPS) is 14.1. The fourth-order valence-corrected chi connectivity index (χ4v) is 2.55. The lowest BCUT2D eigenvalue weighted by Gasteiger charge is -2.17. The van der Waals surface area contributed by atoms with E-state index in [9.17, 15) is 17.6 Å². The topological polar surface area (TPSA) is 54.6 Å². The smallest absolute Gasteiger partial charge is 0.323 e. The lowest BCUT2D eigenvalue weighted by molar-refractivity contribution is 0.0315. The highest BCUT2D eigenvalue weighted by atomic mass is 19.3. The molecule has 0 saturated heterocycles. The Morgan fingerprint density at radius 2 is 1.85 bits per heavy atom. The van der Waals surface area contributed by atoms with Crippen molar-refractivity contribution < 1.29 is 17.6 Å². The molecule has 0 atom stereocenters. The number of benzene rings is 1. The maximum absolute atomic E-state index is 14.8. The largest absolute Gasteiger partial charge is 0.333 e. The van der Waals surface area contributed by atoms with Crippen molar-refractivity contribution in [3.8, 4) is 0 Å². The molecule has 0 aliphatic carbocycles. The number of nitrogens with one attached hydrogen (secondary N) is 1. The molecule has 9 heteroatoms. The minimum absolute atomic E-state index is 0.00835. The number of amidine groups is 1. The average Bonchev–Trinajstić information content (AvgIpc) is 3.23. The van der Waals surface area contributed by atoms with Gasteiger partial charge in [-0.05, 0) is 30.3 Å². The van der Waals surface area contributed by atoms with Crippen LogP contribution in [0.1, 0.15) is 11.4 Å². The van der Waals surface area contributed by atoms with E-state index in [1.165, 1.54) is 0 Å². The van der Waals surface area contributed by atoms with Gasteiger partial charge < -0.3 is 5.32 Å². The summed E-state index contributed by atoms with van der Waals surface area (Å²) in [4.78, 5) is 7.99. The molecule has 5 nitrogen and oxygen atoms in total. The maximum Gasteiger partial charge on any atom is 0.333 e. The fraction of sp³-hybridized carbons (Fsp3) is 0.118. The number of rotatable bonds is 3. The molecular weight excluding hydrogens is 350 g/mol. The van der Waals surface area contributed by atoms with E-state index in [1.807, 2.05) is 0 Å². The van der Waals surface area contributed by atoms with Crippen molar-refractivity contribution in [2.45, 2.75) is 5.92 Å². The fourth-order valence-electron chi connectivity index (χ4n) is 2.55. The first-order valence-electron chi connectivity index (χ1n) is 7.62. The first-order chi connectivity index (χ1) is 12.4. The van der Waals surface area contributed by atoms with E-state index in [2.05, 4.69) is 20.4 Å². The Bertz CT molecular complexity index is 1040. The first kappa shape index (κ1) is 16.2. The number of aromatic nitrogens is 3. The van der Waals surface area contributed by atoms with E-state index in [0.717, 1.165) is 41.0 Å². The Balaban J connectivity index is 1.84. The van der Waals surface area contributed by atoms with E-state index in [0.29, 0.717) is 12.4 Å². The predicted molar refractivity (Wildman–Crippen MR) is 87.4 cm³/mol. The Kier molecular flexibility index (Phi) is 3.71. The van der Waals surface area contributed by atoms with Crippen LogP contribution in [-0.2, 0) is 5.92 Å². The van der Waals surface area contributed by atoms with Crippen molar-refractivity contribution >= 4 is 17.2 Å². The summed E-state index contributed by atoms with van der Waals surface area (Å²) in [5, 5.41) is 6.53. The quantitative estimate of drug-likeness (QED) is 0.726. The second-order valence-corrected chi connectivity index (χ2v) is 5.61. The van der Waals surface area contributed by atoms with Crippen molar-refractivity contribution in [1.29, 1.82) is 0 Å². The van der Waals surface area contributed by atoms with Gasteiger partial charge in [0.1, 0.15) is 23.0 Å². The molecule has 0 radical (unpaired) electrons. The lowest BCUT2D eigenvalue weighted by atomic mass is 10.1. The van der Waals surface area contributed by atoms with Crippen molar-refractivity contribution in [2.75, 3.05) is 11.9 Å². The van der Waals surface area contributed by atoms with Gasteiger partial charge in [0.15, 0.2) is 5.82 Å². The Labute approximate surface area is 144 Å². The molecule has 0 fully saturated rings. The van der Waals surface area contributed by atoms with Crippen LogP contribution >= 0.6 is 0 Å². The van der Waals surface area contributed by atoms with Crippen LogP contribution in [0.25, 0.3) is 5.52 Å². The molecule has 0 bridgehead atoms. The molecule has 1 N–H and O–H groups in total. The molecule has 1 aliphatic heterocycles. The SMILES string of the molecule is Fc1ccc(C(F)(F)c2nc(NC3=NCC=C3)c3cc(F)cn3n2)cc1. The van der Waals surface area contributed by atoms with E-state index >= 15 is 0 Å². The summed E-state index contributed by atoms with van der Waals surface area (Å²) < 4.78 is 57.3. The Morgan fingerprint density at radius 1 is 1.08 bits per heavy atom. The standard InChI is InChI=1S/C17H11F4N5/c18-11-5-3-10(4-6-11)17(20,21)16-24-15(23-14-2-1-7-22-14)13-8-12(19)9-26(13)25-16/h1-6,8-9H,7H2,(H,22,23,24,25). The van der Waals surface area contributed by atoms with Gasteiger partial charge in [-0.15, -0.1) is 5.10 Å². The number of hydrogen-bond acceptors (Lipinski definition) is 4. The Hall–Kier alpha value is -3.23. The van der Waals surface area contributed by atoms with Crippen LogP contribution < -0.4 is 5.32 Å².